The van der Waals surface area contributed by atoms with Gasteiger partial charge in [-0.15, -0.1) is 0 Å². The number of ether oxygens (including phenoxy) is 5. The van der Waals surface area contributed by atoms with E-state index in [-0.39, 0.29) is 49.7 Å². The average Bonchev–Trinajstić information content (AvgIpc) is 3.57. The van der Waals surface area contributed by atoms with Crippen LogP contribution in [0.2, 0.25) is 0 Å². The molecule has 3 fully saturated rings. The second-order valence-electron chi connectivity index (χ2n) is 17.8. The number of amides is 2. The Kier molecular flexibility index (Phi) is 15.1. The number of methoxy groups -OCH3 is 1. The zero-order valence-corrected chi connectivity index (χ0v) is 36.1. The number of aliphatic hydroxyl groups excluding tert-OH is 2. The van der Waals surface area contributed by atoms with Crippen LogP contribution in [0.3, 0.4) is 0 Å². The van der Waals surface area contributed by atoms with Crippen molar-refractivity contribution < 1.29 is 48.6 Å². The monoisotopic (exact) mass is 813 g/mol. The maximum Gasteiger partial charge on any atom is 0.225 e. The predicted molar refractivity (Wildman–Crippen MR) is 217 cm³/mol. The lowest BCUT2D eigenvalue weighted by Crippen LogP contribution is -2.61. The van der Waals surface area contributed by atoms with Crippen molar-refractivity contribution in [3.8, 4) is 11.8 Å². The van der Waals surface area contributed by atoms with Crippen molar-refractivity contribution in [2.45, 2.75) is 153 Å². The highest BCUT2D eigenvalue weighted by Gasteiger charge is 2.51. The maximum absolute atomic E-state index is 14.5. The smallest absolute Gasteiger partial charge is 0.225 e. The standard InChI is InChI=1S/C43H67N5O10/c1-24-20-42(6,53)38(58-41-35(50)32(47(8)9)18-25(2)55-41)26(3)36(57-34-21-43(7,54-11)37(51)28(5)56-34)27(4)40(52)46-30(19-33(49)48(10)23-24)15-12-14-29-22-45-39-31(29)16-13-17-44-39/h13,16-17,22,24-28,30,32,34-38,41,50-51,53H,15,18-21,23H2,1-11H3,(H,44,45)(H,46,52)/t24-,25-,26+,27-,28+,30-,32+,34+,35-,36+,37+,38-,41+,42-,43-/m1/s1. The summed E-state index contributed by atoms with van der Waals surface area (Å²) >= 11 is 0. The molecule has 0 unspecified atom stereocenters. The molecule has 15 atom stereocenters. The molecular weight excluding hydrogens is 746 g/mol. The second-order valence-corrected chi connectivity index (χ2v) is 17.8. The first kappa shape index (κ1) is 45.9. The first-order valence-electron chi connectivity index (χ1n) is 20.6. The van der Waals surface area contributed by atoms with Gasteiger partial charge in [-0.05, 0) is 72.7 Å². The number of rotatable bonds is 7. The Morgan fingerprint density at radius 1 is 1.09 bits per heavy atom. The first-order valence-corrected chi connectivity index (χ1v) is 20.6. The first-order chi connectivity index (χ1) is 27.2. The van der Waals surface area contributed by atoms with Crippen molar-refractivity contribution in [2.24, 2.45) is 17.8 Å². The van der Waals surface area contributed by atoms with Gasteiger partial charge in [-0.25, -0.2) is 4.98 Å². The maximum atomic E-state index is 14.5. The van der Waals surface area contributed by atoms with E-state index in [1.165, 1.54) is 7.11 Å². The summed E-state index contributed by atoms with van der Waals surface area (Å²) in [6.07, 6.45) is -2.27. The van der Waals surface area contributed by atoms with Crippen LogP contribution in [-0.2, 0) is 33.3 Å². The Labute approximate surface area is 343 Å². The molecule has 15 heteroatoms. The summed E-state index contributed by atoms with van der Waals surface area (Å²) in [5.41, 5.74) is -1.10. The van der Waals surface area contributed by atoms with Crippen molar-refractivity contribution in [1.82, 2.24) is 25.1 Å². The fourth-order valence-corrected chi connectivity index (χ4v) is 9.08. The van der Waals surface area contributed by atoms with Gasteiger partial charge in [0, 0.05) is 75.7 Å². The predicted octanol–water partition coefficient (Wildman–Crippen LogP) is 2.80. The zero-order valence-electron chi connectivity index (χ0n) is 36.1. The highest BCUT2D eigenvalue weighted by molar-refractivity contribution is 5.83. The van der Waals surface area contributed by atoms with Crippen LogP contribution in [0, 0.1) is 29.6 Å². The minimum atomic E-state index is -1.56. The number of H-pyrrole nitrogens is 1. The quantitative estimate of drug-likeness (QED) is 0.258. The SMILES string of the molecule is CO[C@]1(C)C[C@H](O[C@H]2[C@H](C)[C@@H](O[C@@H]3O[C@H](C)C[C@H](N(C)C)[C@H]3O)[C@](C)(O)C[C@@H](C)CN(C)C(=O)C[C@@H](CC#Cc3c[nH]c4ncccc34)NC(=O)[C@@H]2C)O[C@@H](C)[C@@H]1O. The van der Waals surface area contributed by atoms with Gasteiger partial charge in [0.25, 0.3) is 0 Å². The van der Waals surface area contributed by atoms with Crippen LogP contribution in [0.1, 0.15) is 86.1 Å². The van der Waals surface area contributed by atoms with E-state index in [1.807, 2.05) is 51.9 Å². The van der Waals surface area contributed by atoms with E-state index in [9.17, 15) is 24.9 Å². The van der Waals surface area contributed by atoms with Crippen molar-refractivity contribution in [1.29, 1.82) is 0 Å². The highest BCUT2D eigenvalue weighted by Crippen LogP contribution is 2.39. The molecule has 2 aromatic heterocycles. The van der Waals surface area contributed by atoms with Gasteiger partial charge in [0.15, 0.2) is 12.6 Å². The van der Waals surface area contributed by atoms with E-state index in [0.29, 0.717) is 18.6 Å². The van der Waals surface area contributed by atoms with Crippen LogP contribution in [-0.4, -0.2) is 154 Å². The fourth-order valence-electron chi connectivity index (χ4n) is 9.08. The average molecular weight is 814 g/mol. The molecule has 2 aromatic rings. The van der Waals surface area contributed by atoms with E-state index in [4.69, 9.17) is 23.7 Å². The number of aromatic nitrogens is 2. The molecule has 3 aliphatic rings. The lowest BCUT2D eigenvalue weighted by Gasteiger charge is -2.49. The van der Waals surface area contributed by atoms with Crippen molar-refractivity contribution >= 4 is 22.8 Å². The third kappa shape index (κ3) is 10.6. The number of likely N-dealkylation sites (N-methyl/N-ethyl adjacent to an activating group) is 1. The molecule has 324 valence electrons. The molecule has 0 saturated carbocycles. The van der Waals surface area contributed by atoms with Gasteiger partial charge in [-0.3, -0.25) is 9.59 Å². The van der Waals surface area contributed by atoms with Gasteiger partial charge in [0.05, 0.1) is 47.1 Å². The van der Waals surface area contributed by atoms with E-state index in [0.717, 1.165) is 10.9 Å². The van der Waals surface area contributed by atoms with Crippen LogP contribution >= 0.6 is 0 Å². The molecule has 5 N–H and O–H groups in total. The van der Waals surface area contributed by atoms with E-state index in [1.54, 1.807) is 52.0 Å². The number of fused-ring (bicyclic) bond motifs is 1. The largest absolute Gasteiger partial charge is 0.387 e. The Balaban J connectivity index is 1.53. The van der Waals surface area contributed by atoms with Crippen molar-refractivity contribution in [3.63, 3.8) is 0 Å². The Morgan fingerprint density at radius 2 is 1.81 bits per heavy atom. The van der Waals surface area contributed by atoms with Crippen LogP contribution in [0.25, 0.3) is 11.0 Å². The Hall–Kier alpha value is -3.17. The molecule has 5 rings (SSSR count). The van der Waals surface area contributed by atoms with Crippen LogP contribution in [0.5, 0.6) is 0 Å². The summed E-state index contributed by atoms with van der Waals surface area (Å²) in [5, 5.41) is 39.1. The number of hydrogen-bond donors (Lipinski definition) is 5. The number of aliphatic hydroxyl groups is 3. The van der Waals surface area contributed by atoms with Crippen molar-refractivity contribution in [2.75, 3.05) is 34.8 Å². The second kappa shape index (κ2) is 19.0. The minimum Gasteiger partial charge on any atom is -0.387 e. The number of carbonyl (C=O) groups is 2. The molecule has 0 aliphatic carbocycles. The highest BCUT2D eigenvalue weighted by atomic mass is 16.7. The lowest BCUT2D eigenvalue weighted by atomic mass is 9.77. The van der Waals surface area contributed by atoms with E-state index >= 15 is 0 Å². The molecule has 0 spiro atoms. The molecule has 0 bridgehead atoms. The van der Waals surface area contributed by atoms with Gasteiger partial charge in [-0.2, -0.15) is 0 Å². The third-order valence-electron chi connectivity index (χ3n) is 12.4. The van der Waals surface area contributed by atoms with Gasteiger partial charge in [0.2, 0.25) is 11.8 Å². The summed E-state index contributed by atoms with van der Waals surface area (Å²) in [6.45, 7) is 13.0. The normalized spacial score (nSPS) is 39.8. The van der Waals surface area contributed by atoms with Gasteiger partial charge >= 0.3 is 0 Å². The molecule has 58 heavy (non-hydrogen) atoms. The number of nitrogens with one attached hydrogen (secondary N) is 2. The van der Waals surface area contributed by atoms with Gasteiger partial charge < -0.3 is 59.1 Å². The molecule has 3 saturated heterocycles. The zero-order chi connectivity index (χ0) is 42.7. The Morgan fingerprint density at radius 3 is 2.50 bits per heavy atom. The van der Waals surface area contributed by atoms with Gasteiger partial charge in [-0.1, -0.05) is 32.6 Å². The fraction of sp³-hybridized carbons (Fsp3) is 0.744. The van der Waals surface area contributed by atoms with Crippen LogP contribution in [0.4, 0.5) is 0 Å². The Bertz CT molecular complexity index is 1760. The van der Waals surface area contributed by atoms with E-state index < -0.39 is 78.1 Å². The molecular formula is C43H67N5O10. The summed E-state index contributed by atoms with van der Waals surface area (Å²) < 4.78 is 31.8. The van der Waals surface area contributed by atoms with E-state index in [2.05, 4.69) is 27.1 Å². The van der Waals surface area contributed by atoms with Gasteiger partial charge in [0.1, 0.15) is 17.9 Å². The molecule has 0 aromatic carbocycles. The number of carbonyl (C=O) groups excluding carboxylic acids is 2. The summed E-state index contributed by atoms with van der Waals surface area (Å²) in [5.74, 6) is 4.02. The molecule has 2 amide bonds. The summed E-state index contributed by atoms with van der Waals surface area (Å²) in [7, 11) is 7.02. The molecule has 0 radical (unpaired) electrons. The lowest BCUT2D eigenvalue weighted by molar-refractivity contribution is -0.317. The van der Waals surface area contributed by atoms with Crippen LogP contribution < -0.4 is 5.32 Å². The van der Waals surface area contributed by atoms with Crippen molar-refractivity contribution in [3.05, 3.63) is 30.1 Å². The minimum absolute atomic E-state index is 0.00444. The number of hydrogen-bond acceptors (Lipinski definition) is 12. The molecule has 5 heterocycles. The number of aromatic amines is 1. The van der Waals surface area contributed by atoms with Crippen LogP contribution in [0.15, 0.2) is 24.5 Å². The number of pyridine rings is 1. The molecule has 3 aliphatic heterocycles. The molecule has 15 nitrogen and oxygen atoms in total. The summed E-state index contributed by atoms with van der Waals surface area (Å²) in [4.78, 5) is 39.3. The number of nitrogens with zero attached hydrogens (tertiary/aromatic N) is 3. The topological polar surface area (TPSA) is 188 Å². The summed E-state index contributed by atoms with van der Waals surface area (Å²) in [6, 6.07) is 2.86. The third-order valence-corrected chi connectivity index (χ3v) is 12.4.